The molecule has 8 nitrogen and oxygen atoms in total. The zero-order valence-corrected chi connectivity index (χ0v) is 21.0. The first-order valence-corrected chi connectivity index (χ1v) is 11.3. The summed E-state index contributed by atoms with van der Waals surface area (Å²) in [6.07, 6.45) is 0. The number of rotatable bonds is 8. The number of para-hydroxylation sites is 1. The standard InChI is InChI=1S/C27H31N5O3/c1-17-8-7-9-18(2)26(17)29-24(33)15-31(5)16-25(34)30-27-23(14-28)19(3)20(4)32(27)21-10-12-22(35-6)13-11-21/h7-13H,15-16H2,1-6H3,(H,29,33)(H,30,34). The van der Waals surface area contributed by atoms with Crippen molar-refractivity contribution in [3.8, 4) is 17.5 Å². The highest BCUT2D eigenvalue weighted by molar-refractivity contribution is 5.96. The molecular formula is C27H31N5O3. The molecule has 0 atom stereocenters. The van der Waals surface area contributed by atoms with E-state index in [0.717, 1.165) is 33.8 Å². The van der Waals surface area contributed by atoms with Crippen molar-refractivity contribution >= 4 is 23.3 Å². The first-order chi connectivity index (χ1) is 16.7. The molecule has 3 aromatic rings. The average molecular weight is 474 g/mol. The number of nitriles is 1. The minimum absolute atomic E-state index is 0.0169. The quantitative estimate of drug-likeness (QED) is 0.513. The number of hydrogen-bond acceptors (Lipinski definition) is 5. The molecular weight excluding hydrogens is 442 g/mol. The van der Waals surface area contributed by atoms with Crippen LogP contribution in [-0.2, 0) is 9.59 Å². The van der Waals surface area contributed by atoms with E-state index in [1.54, 1.807) is 19.1 Å². The van der Waals surface area contributed by atoms with E-state index in [4.69, 9.17) is 4.74 Å². The van der Waals surface area contributed by atoms with Crippen LogP contribution < -0.4 is 15.4 Å². The second-order valence-electron chi connectivity index (χ2n) is 8.61. The molecule has 1 aromatic heterocycles. The molecule has 8 heteroatoms. The summed E-state index contributed by atoms with van der Waals surface area (Å²) in [5, 5.41) is 15.6. The van der Waals surface area contributed by atoms with Crippen LogP contribution in [0.25, 0.3) is 5.69 Å². The number of amides is 2. The first-order valence-electron chi connectivity index (χ1n) is 11.3. The van der Waals surface area contributed by atoms with Crippen molar-refractivity contribution in [3.05, 3.63) is 70.4 Å². The van der Waals surface area contributed by atoms with Gasteiger partial charge in [-0.1, -0.05) is 18.2 Å². The number of ether oxygens (including phenoxy) is 1. The maximum absolute atomic E-state index is 12.9. The summed E-state index contributed by atoms with van der Waals surface area (Å²) < 4.78 is 7.08. The Balaban J connectivity index is 1.74. The van der Waals surface area contributed by atoms with Gasteiger partial charge in [-0.25, -0.2) is 0 Å². The third-order valence-electron chi connectivity index (χ3n) is 5.99. The van der Waals surface area contributed by atoms with Gasteiger partial charge in [0, 0.05) is 17.1 Å². The number of likely N-dealkylation sites (N-methyl/N-ethyl adjacent to an activating group) is 1. The fourth-order valence-corrected chi connectivity index (χ4v) is 4.02. The number of hydrogen-bond donors (Lipinski definition) is 2. The molecule has 0 aliphatic rings. The third kappa shape index (κ3) is 5.70. The highest BCUT2D eigenvalue weighted by Gasteiger charge is 2.21. The van der Waals surface area contributed by atoms with E-state index in [1.165, 1.54) is 0 Å². The highest BCUT2D eigenvalue weighted by Crippen LogP contribution is 2.30. The van der Waals surface area contributed by atoms with Crippen molar-refractivity contribution in [1.82, 2.24) is 9.47 Å². The van der Waals surface area contributed by atoms with Gasteiger partial charge in [-0.2, -0.15) is 5.26 Å². The van der Waals surface area contributed by atoms with Crippen molar-refractivity contribution in [2.45, 2.75) is 27.7 Å². The van der Waals surface area contributed by atoms with E-state index in [0.29, 0.717) is 17.1 Å². The largest absolute Gasteiger partial charge is 0.497 e. The van der Waals surface area contributed by atoms with Crippen LogP contribution in [0.4, 0.5) is 11.5 Å². The molecule has 0 saturated heterocycles. The average Bonchev–Trinajstić information content (AvgIpc) is 3.04. The highest BCUT2D eigenvalue weighted by atomic mass is 16.5. The lowest BCUT2D eigenvalue weighted by Gasteiger charge is -2.18. The van der Waals surface area contributed by atoms with Gasteiger partial charge in [0.25, 0.3) is 0 Å². The Bertz CT molecular complexity index is 1270. The summed E-state index contributed by atoms with van der Waals surface area (Å²) in [7, 11) is 3.30. The monoisotopic (exact) mass is 473 g/mol. The van der Waals surface area contributed by atoms with Crippen LogP contribution in [0, 0.1) is 39.0 Å². The summed E-state index contributed by atoms with van der Waals surface area (Å²) in [6.45, 7) is 7.66. The SMILES string of the molecule is COc1ccc(-n2c(C)c(C)c(C#N)c2NC(=O)CN(C)CC(=O)Nc2c(C)cccc2C)cc1. The van der Waals surface area contributed by atoms with Gasteiger partial charge in [0.2, 0.25) is 11.8 Å². The summed E-state index contributed by atoms with van der Waals surface area (Å²) in [5.74, 6) is 0.591. The summed E-state index contributed by atoms with van der Waals surface area (Å²) in [5.41, 5.74) is 5.59. The fourth-order valence-electron chi connectivity index (χ4n) is 4.02. The third-order valence-corrected chi connectivity index (χ3v) is 5.99. The molecule has 0 aliphatic heterocycles. The molecule has 0 fully saturated rings. The van der Waals surface area contributed by atoms with Gasteiger partial charge < -0.3 is 15.4 Å². The lowest BCUT2D eigenvalue weighted by Crippen LogP contribution is -2.36. The van der Waals surface area contributed by atoms with Crippen LogP contribution in [-0.4, -0.2) is 48.5 Å². The van der Waals surface area contributed by atoms with Crippen molar-refractivity contribution in [1.29, 1.82) is 5.26 Å². The van der Waals surface area contributed by atoms with Crippen LogP contribution in [0.15, 0.2) is 42.5 Å². The number of benzene rings is 2. The topological polar surface area (TPSA) is 99.4 Å². The van der Waals surface area contributed by atoms with Crippen LogP contribution in [0.3, 0.4) is 0 Å². The van der Waals surface area contributed by atoms with E-state index in [-0.39, 0.29) is 24.9 Å². The van der Waals surface area contributed by atoms with Gasteiger partial charge >= 0.3 is 0 Å². The van der Waals surface area contributed by atoms with E-state index in [1.807, 2.05) is 74.7 Å². The number of carbonyl (C=O) groups excluding carboxylic acids is 2. The maximum atomic E-state index is 12.9. The maximum Gasteiger partial charge on any atom is 0.239 e. The minimum atomic E-state index is -0.323. The molecule has 182 valence electrons. The molecule has 0 radical (unpaired) electrons. The number of aryl methyl sites for hydroxylation is 2. The summed E-state index contributed by atoms with van der Waals surface area (Å²) >= 11 is 0. The normalized spacial score (nSPS) is 10.7. The molecule has 2 aromatic carbocycles. The molecule has 0 saturated carbocycles. The lowest BCUT2D eigenvalue weighted by molar-refractivity contribution is -0.119. The van der Waals surface area contributed by atoms with E-state index in [9.17, 15) is 14.9 Å². The number of carbonyl (C=O) groups is 2. The Morgan fingerprint density at radius 2 is 1.54 bits per heavy atom. The van der Waals surface area contributed by atoms with Crippen LogP contribution in [0.1, 0.15) is 27.9 Å². The molecule has 0 unspecified atom stereocenters. The second-order valence-corrected chi connectivity index (χ2v) is 8.61. The first kappa shape index (κ1) is 25.5. The molecule has 0 spiro atoms. The second kappa shape index (κ2) is 10.9. The van der Waals surface area contributed by atoms with Gasteiger partial charge in [0.1, 0.15) is 17.6 Å². The predicted octanol–water partition coefficient (Wildman–Crippen LogP) is 4.10. The van der Waals surface area contributed by atoms with Crippen molar-refractivity contribution < 1.29 is 14.3 Å². The molecule has 0 bridgehead atoms. The molecule has 3 rings (SSSR count). The van der Waals surface area contributed by atoms with Gasteiger partial charge in [0.05, 0.1) is 25.8 Å². The number of nitrogens with one attached hydrogen (secondary N) is 2. The molecule has 35 heavy (non-hydrogen) atoms. The van der Waals surface area contributed by atoms with Crippen molar-refractivity contribution in [2.75, 3.05) is 37.9 Å². The van der Waals surface area contributed by atoms with Crippen LogP contribution >= 0.6 is 0 Å². The molecule has 1 heterocycles. The van der Waals surface area contributed by atoms with E-state index < -0.39 is 0 Å². The number of aromatic nitrogens is 1. The Labute approximate surface area is 206 Å². The smallest absolute Gasteiger partial charge is 0.239 e. The number of methoxy groups -OCH3 is 1. The summed E-state index contributed by atoms with van der Waals surface area (Å²) in [4.78, 5) is 27.1. The van der Waals surface area contributed by atoms with Gasteiger partial charge in [0.15, 0.2) is 0 Å². The van der Waals surface area contributed by atoms with Gasteiger partial charge in [-0.15, -0.1) is 0 Å². The van der Waals surface area contributed by atoms with E-state index >= 15 is 0 Å². The van der Waals surface area contributed by atoms with Gasteiger partial charge in [-0.3, -0.25) is 19.1 Å². The Kier molecular flexibility index (Phi) is 7.94. The molecule has 0 aliphatic carbocycles. The van der Waals surface area contributed by atoms with E-state index in [2.05, 4.69) is 16.7 Å². The zero-order chi connectivity index (χ0) is 25.7. The fraction of sp³-hybridized carbons (Fsp3) is 0.296. The number of anilines is 2. The minimum Gasteiger partial charge on any atom is -0.497 e. The van der Waals surface area contributed by atoms with Crippen LogP contribution in [0.5, 0.6) is 5.75 Å². The van der Waals surface area contributed by atoms with Crippen molar-refractivity contribution in [3.63, 3.8) is 0 Å². The van der Waals surface area contributed by atoms with Gasteiger partial charge in [-0.05, 0) is 75.7 Å². The molecule has 2 amide bonds. The predicted molar refractivity (Wildman–Crippen MR) is 137 cm³/mol. The Morgan fingerprint density at radius 3 is 2.09 bits per heavy atom. The zero-order valence-electron chi connectivity index (χ0n) is 21.0. The summed E-state index contributed by atoms with van der Waals surface area (Å²) in [6, 6.07) is 15.4. The Hall–Kier alpha value is -4.09. The van der Waals surface area contributed by atoms with Crippen LogP contribution in [0.2, 0.25) is 0 Å². The lowest BCUT2D eigenvalue weighted by atomic mass is 10.1. The van der Waals surface area contributed by atoms with Crippen molar-refractivity contribution in [2.24, 2.45) is 0 Å². The molecule has 2 N–H and O–H groups in total. The Morgan fingerprint density at radius 1 is 0.971 bits per heavy atom. The number of nitrogens with zero attached hydrogens (tertiary/aromatic N) is 3.